The Morgan fingerprint density at radius 2 is 1.81 bits per heavy atom. The first-order valence-electron chi connectivity index (χ1n) is 10.9. The molecule has 1 fully saturated rings. The van der Waals surface area contributed by atoms with E-state index in [1.807, 2.05) is 6.07 Å². The maximum atomic E-state index is 13.3. The third-order valence-electron chi connectivity index (χ3n) is 5.74. The number of phenolic OH excluding ortho intramolecular Hbond substituents is 1. The van der Waals surface area contributed by atoms with Gasteiger partial charge in [0.05, 0.1) is 42.0 Å². The molecule has 0 aromatic heterocycles. The lowest BCUT2D eigenvalue weighted by Gasteiger charge is -2.26. The molecule has 1 atom stereocenters. The highest BCUT2D eigenvalue weighted by Gasteiger charge is 2.47. The molecule has 0 spiro atoms. The van der Waals surface area contributed by atoms with Crippen molar-refractivity contribution in [1.82, 2.24) is 0 Å². The number of benzene rings is 3. The summed E-state index contributed by atoms with van der Waals surface area (Å²) < 4.78 is 10.7. The standard InChI is InChI=1S/C27H21ClN2O6/c1-3-36-22-12-16(7-11-20(22)31)24-23(25(32)17-6-10-19(28)21(13-17)35-2)26(33)27(34)30(24)18-8-4-15(14-29)5-9-18/h4-13,24,31-32H,3H2,1-2H3/b25-23-. The number of carbonyl (C=O) groups is 2. The van der Waals surface area contributed by atoms with E-state index in [-0.39, 0.29) is 35.0 Å². The molecule has 8 nitrogen and oxygen atoms in total. The zero-order valence-electron chi connectivity index (χ0n) is 19.4. The number of aromatic hydroxyl groups is 1. The molecule has 36 heavy (non-hydrogen) atoms. The fraction of sp³-hybridized carbons (Fsp3) is 0.148. The third-order valence-corrected chi connectivity index (χ3v) is 6.06. The molecular formula is C27H21ClN2O6. The number of carbonyl (C=O) groups excluding carboxylic acids is 2. The predicted molar refractivity (Wildman–Crippen MR) is 133 cm³/mol. The average molecular weight is 505 g/mol. The van der Waals surface area contributed by atoms with E-state index in [0.717, 1.165) is 0 Å². The second-order valence-corrected chi connectivity index (χ2v) is 8.24. The van der Waals surface area contributed by atoms with Crippen LogP contribution >= 0.6 is 11.6 Å². The molecule has 0 bridgehead atoms. The number of methoxy groups -OCH3 is 1. The number of rotatable bonds is 6. The van der Waals surface area contributed by atoms with Gasteiger partial charge in [-0.25, -0.2) is 0 Å². The number of phenols is 1. The number of hydrogen-bond donors (Lipinski definition) is 2. The summed E-state index contributed by atoms with van der Waals surface area (Å²) in [5.41, 5.74) is 1.20. The predicted octanol–water partition coefficient (Wildman–Crippen LogP) is 4.95. The number of Topliss-reactive ketones (excluding diaryl/α,β-unsaturated/α-hetero) is 1. The monoisotopic (exact) mass is 504 g/mol. The van der Waals surface area contributed by atoms with Crippen molar-refractivity contribution in [2.24, 2.45) is 0 Å². The number of amides is 1. The van der Waals surface area contributed by atoms with Crippen molar-refractivity contribution in [3.8, 4) is 23.3 Å². The minimum Gasteiger partial charge on any atom is -0.507 e. The summed E-state index contributed by atoms with van der Waals surface area (Å²) in [6.45, 7) is 2.03. The molecule has 0 radical (unpaired) electrons. The van der Waals surface area contributed by atoms with E-state index in [2.05, 4.69) is 0 Å². The number of ketones is 1. The third kappa shape index (κ3) is 4.32. The highest BCUT2D eigenvalue weighted by atomic mass is 35.5. The summed E-state index contributed by atoms with van der Waals surface area (Å²) in [7, 11) is 1.42. The Hall–Kier alpha value is -4.48. The Morgan fingerprint density at radius 1 is 1.08 bits per heavy atom. The van der Waals surface area contributed by atoms with Crippen molar-refractivity contribution in [2.45, 2.75) is 13.0 Å². The van der Waals surface area contributed by atoms with E-state index >= 15 is 0 Å². The van der Waals surface area contributed by atoms with Gasteiger partial charge in [0.25, 0.3) is 11.7 Å². The van der Waals surface area contributed by atoms with Crippen molar-refractivity contribution in [3.63, 3.8) is 0 Å². The summed E-state index contributed by atoms with van der Waals surface area (Å²) in [6.07, 6.45) is 0. The van der Waals surface area contributed by atoms with Gasteiger partial charge in [-0.1, -0.05) is 17.7 Å². The minimum absolute atomic E-state index is 0.113. The maximum Gasteiger partial charge on any atom is 0.300 e. The highest BCUT2D eigenvalue weighted by molar-refractivity contribution is 6.51. The largest absolute Gasteiger partial charge is 0.507 e. The zero-order valence-corrected chi connectivity index (χ0v) is 20.1. The van der Waals surface area contributed by atoms with Gasteiger partial charge in [-0.05, 0) is 67.1 Å². The Labute approximate surface area is 212 Å². The van der Waals surface area contributed by atoms with Gasteiger partial charge in [0.1, 0.15) is 11.5 Å². The first-order chi connectivity index (χ1) is 17.3. The number of nitriles is 1. The number of aliphatic hydroxyl groups excluding tert-OH is 1. The number of nitrogens with zero attached hydrogens (tertiary/aromatic N) is 2. The lowest BCUT2D eigenvalue weighted by Crippen LogP contribution is -2.29. The van der Waals surface area contributed by atoms with Crippen molar-refractivity contribution in [1.29, 1.82) is 5.26 Å². The molecule has 1 aliphatic rings. The molecular weight excluding hydrogens is 484 g/mol. The van der Waals surface area contributed by atoms with Gasteiger partial charge < -0.3 is 19.7 Å². The Balaban J connectivity index is 1.96. The lowest BCUT2D eigenvalue weighted by atomic mass is 9.94. The molecule has 1 unspecified atom stereocenters. The second kappa shape index (κ2) is 10.0. The number of halogens is 1. The zero-order chi connectivity index (χ0) is 26.0. The number of aliphatic hydroxyl groups is 1. The van der Waals surface area contributed by atoms with Crippen LogP contribution in [0, 0.1) is 11.3 Å². The average Bonchev–Trinajstić information content (AvgIpc) is 3.15. The van der Waals surface area contributed by atoms with Crippen LogP contribution in [0.4, 0.5) is 5.69 Å². The molecule has 3 aromatic carbocycles. The van der Waals surface area contributed by atoms with Gasteiger partial charge in [-0.3, -0.25) is 14.5 Å². The SMILES string of the molecule is CCOc1cc(C2/C(=C(/O)c3ccc(Cl)c(OC)c3)C(=O)C(=O)N2c2ccc(C#N)cc2)ccc1O. The van der Waals surface area contributed by atoms with Crippen LogP contribution in [0.25, 0.3) is 5.76 Å². The van der Waals surface area contributed by atoms with Crippen molar-refractivity contribution >= 4 is 34.7 Å². The molecule has 9 heteroatoms. The van der Waals surface area contributed by atoms with E-state index in [1.165, 1.54) is 54.5 Å². The summed E-state index contributed by atoms with van der Waals surface area (Å²) in [6, 6.07) is 16.0. The van der Waals surface area contributed by atoms with E-state index in [1.54, 1.807) is 25.1 Å². The highest BCUT2D eigenvalue weighted by Crippen LogP contribution is 2.44. The minimum atomic E-state index is -1.06. The van der Waals surface area contributed by atoms with Crippen LogP contribution < -0.4 is 14.4 Å². The van der Waals surface area contributed by atoms with Crippen LogP contribution in [-0.4, -0.2) is 35.6 Å². The number of anilines is 1. The van der Waals surface area contributed by atoms with Gasteiger partial charge in [-0.15, -0.1) is 0 Å². The van der Waals surface area contributed by atoms with E-state index < -0.39 is 23.5 Å². The smallest absolute Gasteiger partial charge is 0.300 e. The van der Waals surface area contributed by atoms with Crippen molar-refractivity contribution in [2.75, 3.05) is 18.6 Å². The molecule has 2 N–H and O–H groups in total. The van der Waals surface area contributed by atoms with Gasteiger partial charge in [-0.2, -0.15) is 5.26 Å². The van der Waals surface area contributed by atoms with Crippen LogP contribution in [0.5, 0.6) is 17.2 Å². The molecule has 1 saturated heterocycles. The van der Waals surface area contributed by atoms with Gasteiger partial charge in [0, 0.05) is 11.3 Å². The van der Waals surface area contributed by atoms with E-state index in [9.17, 15) is 19.8 Å². The Morgan fingerprint density at radius 3 is 2.44 bits per heavy atom. The van der Waals surface area contributed by atoms with E-state index in [0.29, 0.717) is 21.8 Å². The summed E-state index contributed by atoms with van der Waals surface area (Å²) in [5, 5.41) is 30.9. The lowest BCUT2D eigenvalue weighted by molar-refractivity contribution is -0.132. The first kappa shape index (κ1) is 24.6. The van der Waals surface area contributed by atoms with Gasteiger partial charge >= 0.3 is 0 Å². The molecule has 1 heterocycles. The van der Waals surface area contributed by atoms with E-state index in [4.69, 9.17) is 26.3 Å². The van der Waals surface area contributed by atoms with Crippen molar-refractivity contribution < 1.29 is 29.3 Å². The summed E-state index contributed by atoms with van der Waals surface area (Å²) in [5.74, 6) is -1.86. The maximum absolute atomic E-state index is 13.3. The number of hydrogen-bond acceptors (Lipinski definition) is 7. The normalized spacial score (nSPS) is 16.6. The fourth-order valence-corrected chi connectivity index (χ4v) is 4.24. The van der Waals surface area contributed by atoms with Gasteiger partial charge in [0.2, 0.25) is 0 Å². The number of ether oxygens (including phenoxy) is 2. The van der Waals surface area contributed by atoms with Crippen LogP contribution in [0.3, 0.4) is 0 Å². The second-order valence-electron chi connectivity index (χ2n) is 7.84. The van der Waals surface area contributed by atoms with Gasteiger partial charge in [0.15, 0.2) is 11.5 Å². The molecule has 4 rings (SSSR count). The van der Waals surface area contributed by atoms with Crippen LogP contribution in [0.1, 0.15) is 29.7 Å². The fourth-order valence-electron chi connectivity index (χ4n) is 4.05. The van der Waals surface area contributed by atoms with Crippen LogP contribution in [0.15, 0.2) is 66.2 Å². The quantitative estimate of drug-likeness (QED) is 0.277. The van der Waals surface area contributed by atoms with Crippen molar-refractivity contribution in [3.05, 3.63) is 87.9 Å². The topological polar surface area (TPSA) is 120 Å². The molecule has 3 aromatic rings. The Kier molecular flexibility index (Phi) is 6.86. The summed E-state index contributed by atoms with van der Waals surface area (Å²) in [4.78, 5) is 27.8. The molecule has 1 aliphatic heterocycles. The molecule has 0 aliphatic carbocycles. The summed E-state index contributed by atoms with van der Waals surface area (Å²) >= 11 is 6.11. The van der Waals surface area contributed by atoms with Crippen LogP contribution in [-0.2, 0) is 9.59 Å². The first-order valence-corrected chi connectivity index (χ1v) is 11.3. The molecule has 0 saturated carbocycles. The molecule has 182 valence electrons. The van der Waals surface area contributed by atoms with Crippen LogP contribution in [0.2, 0.25) is 5.02 Å². The Bertz CT molecular complexity index is 1430. The molecule has 1 amide bonds.